The maximum atomic E-state index is 13.1. The van der Waals surface area contributed by atoms with Crippen LogP contribution in [0.2, 0.25) is 0 Å². The van der Waals surface area contributed by atoms with Crippen LogP contribution in [0, 0.1) is 6.92 Å². The van der Waals surface area contributed by atoms with Crippen molar-refractivity contribution in [3.05, 3.63) is 125 Å². The first-order chi connectivity index (χ1) is 17.9. The second-order valence-corrected chi connectivity index (χ2v) is 11.8. The summed E-state index contributed by atoms with van der Waals surface area (Å²) in [5, 5.41) is 2.81. The lowest BCUT2D eigenvalue weighted by Gasteiger charge is -2.19. The lowest BCUT2D eigenvalue weighted by Crippen LogP contribution is -2.16. The first-order valence-electron chi connectivity index (χ1n) is 12.2. The summed E-state index contributed by atoms with van der Waals surface area (Å²) in [7, 11) is -3.81. The van der Waals surface area contributed by atoms with E-state index in [0.717, 1.165) is 5.56 Å². The van der Waals surface area contributed by atoms with Crippen molar-refractivity contribution in [3.63, 3.8) is 0 Å². The molecule has 0 aromatic heterocycles. The molecule has 0 radical (unpaired) electrons. The van der Waals surface area contributed by atoms with Crippen LogP contribution in [-0.2, 0) is 15.4 Å². The van der Waals surface area contributed by atoms with E-state index in [9.17, 15) is 18.0 Å². The number of carbonyl (C=O) groups is 2. The predicted octanol–water partition coefficient (Wildman–Crippen LogP) is 6.58. The Morgan fingerprint density at radius 3 is 2.03 bits per heavy atom. The summed E-state index contributed by atoms with van der Waals surface area (Å²) in [5.41, 5.74) is 3.86. The minimum atomic E-state index is -3.81. The zero-order valence-electron chi connectivity index (χ0n) is 21.8. The van der Waals surface area contributed by atoms with E-state index in [2.05, 4.69) is 30.8 Å². The molecule has 0 aliphatic rings. The maximum Gasteiger partial charge on any atom is 0.261 e. The third-order valence-corrected chi connectivity index (χ3v) is 7.57. The third kappa shape index (κ3) is 6.18. The molecule has 0 saturated carbocycles. The van der Waals surface area contributed by atoms with Crippen molar-refractivity contribution in [2.24, 2.45) is 0 Å². The van der Waals surface area contributed by atoms with Crippen LogP contribution in [0.3, 0.4) is 0 Å². The Balaban J connectivity index is 1.51. The van der Waals surface area contributed by atoms with Crippen molar-refractivity contribution in [2.45, 2.75) is 38.0 Å². The van der Waals surface area contributed by atoms with Crippen LogP contribution in [0.5, 0.6) is 0 Å². The van der Waals surface area contributed by atoms with E-state index in [1.165, 1.54) is 18.2 Å². The molecule has 4 aromatic rings. The first kappa shape index (κ1) is 26.8. The van der Waals surface area contributed by atoms with E-state index < -0.39 is 15.9 Å². The monoisotopic (exact) mass is 526 g/mol. The molecule has 0 bridgehead atoms. The largest absolute Gasteiger partial charge is 0.322 e. The molecule has 0 fully saturated rings. The maximum absolute atomic E-state index is 13.1. The summed E-state index contributed by atoms with van der Waals surface area (Å²) in [4.78, 5) is 26.2. The highest BCUT2D eigenvalue weighted by Crippen LogP contribution is 2.25. The second-order valence-electron chi connectivity index (χ2n) is 10.1. The number of nitrogens with one attached hydrogen (secondary N) is 2. The number of hydrogen-bond donors (Lipinski definition) is 2. The van der Waals surface area contributed by atoms with Crippen molar-refractivity contribution in [2.75, 3.05) is 10.0 Å². The summed E-state index contributed by atoms with van der Waals surface area (Å²) < 4.78 is 28.1. The molecule has 0 aliphatic heterocycles. The number of ketones is 1. The Bertz CT molecular complexity index is 1590. The minimum Gasteiger partial charge on any atom is -0.322 e. The van der Waals surface area contributed by atoms with Gasteiger partial charge in [-0.1, -0.05) is 81.4 Å². The van der Waals surface area contributed by atoms with Gasteiger partial charge in [0, 0.05) is 22.4 Å². The number of aryl methyl sites for hydroxylation is 1. The summed E-state index contributed by atoms with van der Waals surface area (Å²) in [6.07, 6.45) is 0. The Morgan fingerprint density at radius 2 is 1.37 bits per heavy atom. The Labute approximate surface area is 223 Å². The molecular formula is C31H30N2O4S. The van der Waals surface area contributed by atoms with E-state index >= 15 is 0 Å². The number of sulfonamides is 1. The smallest absolute Gasteiger partial charge is 0.261 e. The molecule has 7 heteroatoms. The molecule has 0 atom stereocenters. The van der Waals surface area contributed by atoms with Gasteiger partial charge in [-0.3, -0.25) is 14.3 Å². The van der Waals surface area contributed by atoms with Gasteiger partial charge in [0.1, 0.15) is 0 Å². The van der Waals surface area contributed by atoms with Crippen LogP contribution >= 0.6 is 0 Å². The SMILES string of the molecule is Cc1ccc(C(=O)Nc2cccc(C(=O)c3ccc(C(C)(C)C)cc3)c2)cc1NS(=O)(=O)c1ccccc1. The third-order valence-electron chi connectivity index (χ3n) is 6.19. The van der Waals surface area contributed by atoms with Gasteiger partial charge >= 0.3 is 0 Å². The van der Waals surface area contributed by atoms with Crippen molar-refractivity contribution in [1.82, 2.24) is 0 Å². The van der Waals surface area contributed by atoms with Crippen molar-refractivity contribution < 1.29 is 18.0 Å². The van der Waals surface area contributed by atoms with Gasteiger partial charge in [0.05, 0.1) is 10.6 Å². The van der Waals surface area contributed by atoms with Gasteiger partial charge in [-0.2, -0.15) is 0 Å². The Kier molecular flexibility index (Phi) is 7.51. The quantitative estimate of drug-likeness (QED) is 0.266. The van der Waals surface area contributed by atoms with Crippen LogP contribution in [-0.4, -0.2) is 20.1 Å². The fourth-order valence-electron chi connectivity index (χ4n) is 3.91. The number of anilines is 2. The molecule has 6 nitrogen and oxygen atoms in total. The molecule has 4 rings (SSSR count). The average Bonchev–Trinajstić information content (AvgIpc) is 2.89. The van der Waals surface area contributed by atoms with Crippen LogP contribution in [0.4, 0.5) is 11.4 Å². The minimum absolute atomic E-state index is 0.0110. The lowest BCUT2D eigenvalue weighted by molar-refractivity contribution is 0.102. The highest BCUT2D eigenvalue weighted by molar-refractivity contribution is 7.92. The van der Waals surface area contributed by atoms with Gasteiger partial charge in [-0.05, 0) is 59.9 Å². The van der Waals surface area contributed by atoms with Crippen LogP contribution in [0.15, 0.2) is 102 Å². The molecule has 38 heavy (non-hydrogen) atoms. The normalized spacial score (nSPS) is 11.6. The zero-order valence-corrected chi connectivity index (χ0v) is 22.6. The topological polar surface area (TPSA) is 92.3 Å². The summed E-state index contributed by atoms with van der Waals surface area (Å²) >= 11 is 0. The van der Waals surface area contributed by atoms with Gasteiger partial charge in [0.15, 0.2) is 5.78 Å². The van der Waals surface area contributed by atoms with E-state index in [0.29, 0.717) is 28.1 Å². The van der Waals surface area contributed by atoms with Gasteiger partial charge in [-0.25, -0.2) is 8.42 Å². The number of rotatable bonds is 7. The first-order valence-corrected chi connectivity index (χ1v) is 13.7. The van der Waals surface area contributed by atoms with Crippen molar-refractivity contribution in [1.29, 1.82) is 0 Å². The standard InChI is InChI=1S/C31H30N2O4S/c1-21-13-14-24(20-28(21)33-38(36,37)27-11-6-5-7-12-27)30(35)32-26-10-8-9-23(19-26)29(34)22-15-17-25(18-16-22)31(2,3)4/h5-20,33H,1-4H3,(H,32,35). The van der Waals surface area contributed by atoms with Gasteiger partial charge in [0.25, 0.3) is 15.9 Å². The summed E-state index contributed by atoms with van der Waals surface area (Å²) in [5.74, 6) is -0.571. The average molecular weight is 527 g/mol. The van der Waals surface area contributed by atoms with Gasteiger partial charge in [0.2, 0.25) is 0 Å². The molecule has 194 valence electrons. The molecule has 4 aromatic carbocycles. The van der Waals surface area contributed by atoms with E-state index in [1.54, 1.807) is 61.5 Å². The van der Waals surface area contributed by atoms with Crippen molar-refractivity contribution >= 4 is 33.1 Å². The lowest BCUT2D eigenvalue weighted by atomic mass is 9.86. The Morgan fingerprint density at radius 1 is 0.711 bits per heavy atom. The number of benzene rings is 4. The summed E-state index contributed by atoms with van der Waals surface area (Å²) in [6, 6.07) is 27.1. The highest BCUT2D eigenvalue weighted by Gasteiger charge is 2.18. The fraction of sp³-hybridized carbons (Fsp3) is 0.161. The molecule has 0 unspecified atom stereocenters. The number of carbonyl (C=O) groups excluding carboxylic acids is 2. The second kappa shape index (κ2) is 10.6. The van der Waals surface area contributed by atoms with E-state index in [-0.39, 0.29) is 21.7 Å². The molecule has 0 saturated heterocycles. The van der Waals surface area contributed by atoms with E-state index in [4.69, 9.17) is 0 Å². The van der Waals surface area contributed by atoms with Crippen LogP contribution < -0.4 is 10.0 Å². The fourth-order valence-corrected chi connectivity index (χ4v) is 5.05. The number of amides is 1. The molecule has 0 spiro atoms. The van der Waals surface area contributed by atoms with Crippen LogP contribution in [0.25, 0.3) is 0 Å². The molecular weight excluding hydrogens is 496 g/mol. The Hall–Kier alpha value is -4.23. The summed E-state index contributed by atoms with van der Waals surface area (Å²) in [6.45, 7) is 8.11. The molecule has 2 N–H and O–H groups in total. The molecule has 0 heterocycles. The van der Waals surface area contributed by atoms with Gasteiger partial charge in [-0.15, -0.1) is 0 Å². The highest BCUT2D eigenvalue weighted by atomic mass is 32.2. The van der Waals surface area contributed by atoms with Crippen LogP contribution in [0.1, 0.15) is 58.2 Å². The zero-order chi connectivity index (χ0) is 27.5. The molecule has 0 aliphatic carbocycles. The van der Waals surface area contributed by atoms with Gasteiger partial charge < -0.3 is 5.32 Å². The van der Waals surface area contributed by atoms with E-state index in [1.807, 2.05) is 24.3 Å². The number of hydrogen-bond acceptors (Lipinski definition) is 4. The predicted molar refractivity (Wildman–Crippen MR) is 151 cm³/mol. The molecule has 1 amide bonds. The van der Waals surface area contributed by atoms with Crippen molar-refractivity contribution in [3.8, 4) is 0 Å².